The third kappa shape index (κ3) is 5.37. The highest BCUT2D eigenvalue weighted by molar-refractivity contribution is 5.89. The molecule has 2 aromatic carbocycles. The van der Waals surface area contributed by atoms with Gasteiger partial charge < -0.3 is 15.0 Å². The van der Waals surface area contributed by atoms with Gasteiger partial charge in [0.1, 0.15) is 18.2 Å². The molecule has 0 aliphatic heterocycles. The number of alkyl halides is 3. The number of halogens is 4. The van der Waals surface area contributed by atoms with Crippen molar-refractivity contribution in [3.63, 3.8) is 0 Å². The number of para-hydroxylation sites is 1. The zero-order valence-corrected chi connectivity index (χ0v) is 13.3. The summed E-state index contributed by atoms with van der Waals surface area (Å²) < 4.78 is 56.7. The predicted octanol–water partition coefficient (Wildman–Crippen LogP) is 4.39. The maximum Gasteiger partial charge on any atom is 0.419 e. The van der Waals surface area contributed by atoms with E-state index in [0.29, 0.717) is 17.9 Å². The second kappa shape index (κ2) is 7.87. The van der Waals surface area contributed by atoms with Crippen molar-refractivity contribution in [3.05, 3.63) is 59.9 Å². The number of hydrogen-bond donors (Lipinski definition) is 1. The van der Waals surface area contributed by atoms with E-state index in [2.05, 4.69) is 5.32 Å². The van der Waals surface area contributed by atoms with Crippen molar-refractivity contribution in [2.75, 3.05) is 25.5 Å². The van der Waals surface area contributed by atoms with Crippen molar-refractivity contribution in [2.24, 2.45) is 0 Å². The van der Waals surface area contributed by atoms with Gasteiger partial charge in [0.25, 0.3) is 0 Å². The van der Waals surface area contributed by atoms with Crippen LogP contribution in [0.3, 0.4) is 0 Å². The van der Waals surface area contributed by atoms with Crippen molar-refractivity contribution in [3.8, 4) is 5.75 Å². The molecule has 0 radical (unpaired) electrons. The smallest absolute Gasteiger partial charge is 0.419 e. The Morgan fingerprint density at radius 2 is 1.84 bits per heavy atom. The number of urea groups is 1. The molecule has 0 aliphatic rings. The lowest BCUT2D eigenvalue weighted by molar-refractivity contribution is -0.139. The number of ether oxygens (including phenoxy) is 1. The molecular weight excluding hydrogens is 340 g/mol. The van der Waals surface area contributed by atoms with Gasteiger partial charge in [-0.3, -0.25) is 0 Å². The van der Waals surface area contributed by atoms with Crippen molar-refractivity contribution in [1.29, 1.82) is 0 Å². The van der Waals surface area contributed by atoms with Crippen LogP contribution in [0.1, 0.15) is 5.56 Å². The molecule has 0 saturated heterocycles. The Kier molecular flexibility index (Phi) is 5.84. The van der Waals surface area contributed by atoms with Crippen molar-refractivity contribution in [2.45, 2.75) is 6.18 Å². The predicted molar refractivity (Wildman–Crippen MR) is 85.0 cm³/mol. The number of nitrogens with zero attached hydrogens (tertiary/aromatic N) is 1. The molecule has 4 nitrogen and oxygen atoms in total. The highest BCUT2D eigenvalue weighted by atomic mass is 19.4. The first kappa shape index (κ1) is 18.6. The van der Waals surface area contributed by atoms with E-state index >= 15 is 0 Å². The minimum Gasteiger partial charge on any atom is -0.492 e. The number of amides is 2. The Labute approximate surface area is 142 Å². The van der Waals surface area contributed by atoms with Gasteiger partial charge in [0, 0.05) is 12.7 Å². The Balaban J connectivity index is 1.90. The molecule has 1 N–H and O–H groups in total. The molecule has 2 amide bonds. The molecule has 0 saturated carbocycles. The fraction of sp³-hybridized carbons (Fsp3) is 0.235. The molecule has 0 aliphatic carbocycles. The van der Waals surface area contributed by atoms with Crippen LogP contribution in [0, 0.1) is 5.82 Å². The monoisotopic (exact) mass is 356 g/mol. The molecule has 0 spiro atoms. The second-order valence-electron chi connectivity index (χ2n) is 5.21. The zero-order chi connectivity index (χ0) is 18.4. The number of rotatable bonds is 5. The largest absolute Gasteiger partial charge is 0.492 e. The summed E-state index contributed by atoms with van der Waals surface area (Å²) in [5, 5.41) is 2.29. The summed E-state index contributed by atoms with van der Waals surface area (Å²) in [7, 11) is 1.47. The average molecular weight is 356 g/mol. The summed E-state index contributed by atoms with van der Waals surface area (Å²) >= 11 is 0. The van der Waals surface area contributed by atoms with E-state index < -0.39 is 23.6 Å². The highest BCUT2D eigenvalue weighted by Gasteiger charge is 2.34. The first-order valence-corrected chi connectivity index (χ1v) is 7.34. The van der Waals surface area contributed by atoms with Crippen LogP contribution < -0.4 is 10.1 Å². The van der Waals surface area contributed by atoms with Gasteiger partial charge in [-0.15, -0.1) is 0 Å². The van der Waals surface area contributed by atoms with E-state index in [9.17, 15) is 22.4 Å². The molecule has 0 unspecified atom stereocenters. The van der Waals surface area contributed by atoms with Gasteiger partial charge in [0.15, 0.2) is 0 Å². The van der Waals surface area contributed by atoms with Gasteiger partial charge in [-0.1, -0.05) is 18.2 Å². The van der Waals surface area contributed by atoms with Crippen LogP contribution in [0.25, 0.3) is 0 Å². The van der Waals surface area contributed by atoms with E-state index in [-0.39, 0.29) is 18.8 Å². The van der Waals surface area contributed by atoms with E-state index in [1.54, 1.807) is 24.3 Å². The molecule has 0 aromatic heterocycles. The van der Waals surface area contributed by atoms with Gasteiger partial charge in [-0.05, 0) is 30.3 Å². The summed E-state index contributed by atoms with van der Waals surface area (Å²) in [4.78, 5) is 13.2. The third-order valence-corrected chi connectivity index (χ3v) is 3.31. The van der Waals surface area contributed by atoms with Crippen LogP contribution in [-0.2, 0) is 6.18 Å². The van der Waals surface area contributed by atoms with Gasteiger partial charge in [0.05, 0.1) is 12.1 Å². The van der Waals surface area contributed by atoms with Crippen molar-refractivity contribution in [1.82, 2.24) is 4.90 Å². The topological polar surface area (TPSA) is 41.6 Å². The molecule has 2 rings (SSSR count). The standard InChI is InChI=1S/C17H16F4N2O2/c1-23(9-10-25-13-5-3-2-4-6-13)16(24)22-12-7-8-15(18)14(11-12)17(19,20)21/h2-8,11H,9-10H2,1H3,(H,22,24). The molecule has 25 heavy (non-hydrogen) atoms. The van der Waals surface area contributed by atoms with Crippen LogP contribution in [0.2, 0.25) is 0 Å². The Bertz CT molecular complexity index is 720. The molecule has 8 heteroatoms. The number of nitrogens with one attached hydrogen (secondary N) is 1. The maximum absolute atomic E-state index is 13.2. The fourth-order valence-corrected chi connectivity index (χ4v) is 1.96. The number of carbonyl (C=O) groups is 1. The summed E-state index contributed by atoms with van der Waals surface area (Å²) in [6.07, 6.45) is -4.83. The SMILES string of the molecule is CN(CCOc1ccccc1)C(=O)Nc1ccc(F)c(C(F)(F)F)c1. The second-order valence-corrected chi connectivity index (χ2v) is 5.21. The molecule has 0 heterocycles. The first-order valence-electron chi connectivity index (χ1n) is 7.34. The number of hydrogen-bond acceptors (Lipinski definition) is 2. The molecule has 0 bridgehead atoms. The number of anilines is 1. The number of carbonyl (C=O) groups excluding carboxylic acids is 1. The minimum atomic E-state index is -4.83. The van der Waals surface area contributed by atoms with E-state index in [0.717, 1.165) is 6.07 Å². The third-order valence-electron chi connectivity index (χ3n) is 3.31. The Hall–Kier alpha value is -2.77. The molecular formula is C17H16F4N2O2. The van der Waals surface area contributed by atoms with Gasteiger partial charge in [0.2, 0.25) is 0 Å². The highest BCUT2D eigenvalue weighted by Crippen LogP contribution is 2.33. The van der Waals surface area contributed by atoms with E-state index in [1.165, 1.54) is 11.9 Å². The Morgan fingerprint density at radius 3 is 2.48 bits per heavy atom. The number of likely N-dealkylation sites (N-methyl/N-ethyl adjacent to an activating group) is 1. The van der Waals surface area contributed by atoms with Gasteiger partial charge >= 0.3 is 12.2 Å². The average Bonchev–Trinajstić information content (AvgIpc) is 2.56. The van der Waals surface area contributed by atoms with Crippen LogP contribution in [0.15, 0.2) is 48.5 Å². The van der Waals surface area contributed by atoms with Gasteiger partial charge in [-0.2, -0.15) is 13.2 Å². The zero-order valence-electron chi connectivity index (χ0n) is 13.3. The number of benzene rings is 2. The van der Waals surface area contributed by atoms with Crippen LogP contribution in [0.4, 0.5) is 28.0 Å². The summed E-state index contributed by atoms with van der Waals surface area (Å²) in [5.41, 5.74) is -1.57. The van der Waals surface area contributed by atoms with Crippen molar-refractivity contribution < 1.29 is 27.1 Å². The first-order chi connectivity index (χ1) is 11.8. The normalized spacial score (nSPS) is 11.1. The molecule has 134 valence electrons. The quantitative estimate of drug-likeness (QED) is 0.808. The van der Waals surface area contributed by atoms with Gasteiger partial charge in [-0.25, -0.2) is 9.18 Å². The lowest BCUT2D eigenvalue weighted by Crippen LogP contribution is -2.34. The Morgan fingerprint density at radius 1 is 1.16 bits per heavy atom. The van der Waals surface area contributed by atoms with E-state index in [4.69, 9.17) is 4.74 Å². The summed E-state index contributed by atoms with van der Waals surface area (Å²) in [5.74, 6) is -0.750. The molecule has 0 fully saturated rings. The van der Waals surface area contributed by atoms with E-state index in [1.807, 2.05) is 6.07 Å². The maximum atomic E-state index is 13.2. The van der Waals surface area contributed by atoms with Crippen molar-refractivity contribution >= 4 is 11.7 Å². The lowest BCUT2D eigenvalue weighted by Gasteiger charge is -2.19. The molecule has 0 atom stereocenters. The summed E-state index contributed by atoms with van der Waals surface area (Å²) in [6, 6.07) is 10.6. The van der Waals surface area contributed by atoms with Crippen LogP contribution in [-0.4, -0.2) is 31.1 Å². The van der Waals surface area contributed by atoms with Crippen LogP contribution in [0.5, 0.6) is 5.75 Å². The molecule has 2 aromatic rings. The lowest BCUT2D eigenvalue weighted by atomic mass is 10.2. The fourth-order valence-electron chi connectivity index (χ4n) is 1.96. The minimum absolute atomic E-state index is 0.144. The summed E-state index contributed by atoms with van der Waals surface area (Å²) in [6.45, 7) is 0.430. The van der Waals surface area contributed by atoms with Crippen LogP contribution >= 0.6 is 0 Å².